The highest BCUT2D eigenvalue weighted by Crippen LogP contribution is 2.22. The summed E-state index contributed by atoms with van der Waals surface area (Å²) in [6.45, 7) is 2.62. The van der Waals surface area contributed by atoms with Crippen molar-refractivity contribution >= 4 is 27.6 Å². The number of esters is 1. The molecule has 0 unspecified atom stereocenters. The van der Waals surface area contributed by atoms with Crippen molar-refractivity contribution in [2.24, 2.45) is 0 Å². The summed E-state index contributed by atoms with van der Waals surface area (Å²) in [4.78, 5) is 11.0. The normalized spacial score (nSPS) is 9.94. The number of ether oxygens (including phenoxy) is 1. The van der Waals surface area contributed by atoms with Crippen LogP contribution in [0.4, 0.5) is 10.1 Å². The number of carbonyl (C=O) groups is 1. The quantitative estimate of drug-likeness (QED) is 0.847. The average Bonchev–Trinajstić information content (AvgIpc) is 2.22. The van der Waals surface area contributed by atoms with Gasteiger partial charge in [0.1, 0.15) is 5.82 Å². The van der Waals surface area contributed by atoms with E-state index in [0.29, 0.717) is 17.6 Å². The van der Waals surface area contributed by atoms with E-state index < -0.39 is 0 Å². The number of halogens is 2. The van der Waals surface area contributed by atoms with Crippen LogP contribution >= 0.6 is 15.9 Å². The molecule has 1 aromatic rings. The molecule has 0 fully saturated rings. The molecule has 0 bridgehead atoms. The molecule has 0 heterocycles. The predicted molar refractivity (Wildman–Crippen MR) is 63.8 cm³/mol. The van der Waals surface area contributed by atoms with Crippen LogP contribution in [0.5, 0.6) is 0 Å². The second-order valence-electron chi connectivity index (χ2n) is 3.11. The molecule has 1 N–H and O–H groups in total. The van der Waals surface area contributed by atoms with E-state index in [9.17, 15) is 9.18 Å². The minimum atomic E-state index is -0.303. The molecule has 1 rings (SSSR count). The molecule has 16 heavy (non-hydrogen) atoms. The van der Waals surface area contributed by atoms with Gasteiger partial charge in [-0.2, -0.15) is 0 Å². The second-order valence-corrected chi connectivity index (χ2v) is 3.96. The van der Waals surface area contributed by atoms with Crippen molar-refractivity contribution in [3.05, 3.63) is 28.5 Å². The van der Waals surface area contributed by atoms with Crippen molar-refractivity contribution in [3.8, 4) is 0 Å². The number of benzene rings is 1. The fourth-order valence-corrected chi connectivity index (χ4v) is 1.66. The molecule has 3 nitrogen and oxygen atoms in total. The monoisotopic (exact) mass is 289 g/mol. The van der Waals surface area contributed by atoms with E-state index in [2.05, 4.69) is 21.2 Å². The third kappa shape index (κ3) is 4.18. The lowest BCUT2D eigenvalue weighted by Crippen LogP contribution is -2.11. The van der Waals surface area contributed by atoms with Crippen LogP contribution in [0, 0.1) is 5.82 Å². The van der Waals surface area contributed by atoms with E-state index in [0.717, 1.165) is 5.69 Å². The van der Waals surface area contributed by atoms with Gasteiger partial charge in [0.2, 0.25) is 0 Å². The molecule has 0 amide bonds. The third-order valence-electron chi connectivity index (χ3n) is 1.88. The maximum absolute atomic E-state index is 12.8. The minimum Gasteiger partial charge on any atom is -0.466 e. The van der Waals surface area contributed by atoms with Gasteiger partial charge < -0.3 is 10.1 Å². The van der Waals surface area contributed by atoms with Crippen LogP contribution < -0.4 is 5.32 Å². The molecule has 0 saturated heterocycles. The van der Waals surface area contributed by atoms with Crippen molar-refractivity contribution in [1.29, 1.82) is 0 Å². The number of hydrogen-bond donors (Lipinski definition) is 1. The van der Waals surface area contributed by atoms with Gasteiger partial charge in [0.15, 0.2) is 0 Å². The summed E-state index contributed by atoms with van der Waals surface area (Å²) >= 11 is 3.23. The zero-order valence-electron chi connectivity index (χ0n) is 8.93. The van der Waals surface area contributed by atoms with E-state index in [4.69, 9.17) is 4.74 Å². The van der Waals surface area contributed by atoms with Crippen LogP contribution in [0.1, 0.15) is 13.3 Å². The SMILES string of the molecule is CCOC(=O)CCNc1ccc(F)cc1Br. The predicted octanol–water partition coefficient (Wildman–Crippen LogP) is 2.95. The molecule has 0 spiro atoms. The molecule has 0 aliphatic carbocycles. The minimum absolute atomic E-state index is 0.242. The smallest absolute Gasteiger partial charge is 0.307 e. The van der Waals surface area contributed by atoms with Crippen molar-refractivity contribution in [2.45, 2.75) is 13.3 Å². The summed E-state index contributed by atoms with van der Waals surface area (Å²) < 4.78 is 18.2. The Morgan fingerprint density at radius 1 is 1.56 bits per heavy atom. The Bertz CT molecular complexity index is 371. The van der Waals surface area contributed by atoms with Gasteiger partial charge in [-0.1, -0.05) is 0 Å². The van der Waals surface area contributed by atoms with Gasteiger partial charge in [-0.15, -0.1) is 0 Å². The molecule has 1 aromatic carbocycles. The summed E-state index contributed by atoms with van der Waals surface area (Å²) in [5.41, 5.74) is 0.755. The summed E-state index contributed by atoms with van der Waals surface area (Å²) in [5.74, 6) is -0.545. The van der Waals surface area contributed by atoms with Crippen LogP contribution in [0.25, 0.3) is 0 Å². The van der Waals surface area contributed by atoms with Crippen LogP contribution in [0.2, 0.25) is 0 Å². The van der Waals surface area contributed by atoms with Gasteiger partial charge in [0.05, 0.1) is 13.0 Å². The zero-order valence-corrected chi connectivity index (χ0v) is 10.5. The summed E-state index contributed by atoms with van der Waals surface area (Å²) in [6.07, 6.45) is 0.289. The van der Waals surface area contributed by atoms with Crippen molar-refractivity contribution in [3.63, 3.8) is 0 Å². The van der Waals surface area contributed by atoms with E-state index in [1.54, 1.807) is 13.0 Å². The Morgan fingerprint density at radius 3 is 2.94 bits per heavy atom. The lowest BCUT2D eigenvalue weighted by molar-refractivity contribution is -0.142. The number of carbonyl (C=O) groups excluding carboxylic acids is 1. The standard InChI is InChI=1S/C11H13BrFNO2/c1-2-16-11(15)5-6-14-10-4-3-8(13)7-9(10)12/h3-4,7,14H,2,5-6H2,1H3. The Morgan fingerprint density at radius 2 is 2.31 bits per heavy atom. The van der Waals surface area contributed by atoms with Gasteiger partial charge >= 0.3 is 5.97 Å². The lowest BCUT2D eigenvalue weighted by Gasteiger charge is -2.08. The van der Waals surface area contributed by atoms with Crippen LogP contribution in [0.3, 0.4) is 0 Å². The van der Waals surface area contributed by atoms with Crippen molar-refractivity contribution in [2.75, 3.05) is 18.5 Å². The molecule has 0 aliphatic heterocycles. The first-order valence-electron chi connectivity index (χ1n) is 4.98. The van der Waals surface area contributed by atoms with Gasteiger partial charge in [0.25, 0.3) is 0 Å². The van der Waals surface area contributed by atoms with Gasteiger partial charge in [-0.3, -0.25) is 4.79 Å². The molecular formula is C11H13BrFNO2. The molecule has 5 heteroatoms. The number of rotatable bonds is 5. The van der Waals surface area contributed by atoms with E-state index in [1.165, 1.54) is 12.1 Å². The molecule has 0 radical (unpaired) electrons. The molecule has 0 atom stereocenters. The first-order chi connectivity index (χ1) is 7.63. The first-order valence-corrected chi connectivity index (χ1v) is 5.77. The van der Waals surface area contributed by atoms with Gasteiger partial charge in [-0.25, -0.2) is 4.39 Å². The van der Waals surface area contributed by atoms with Crippen molar-refractivity contribution < 1.29 is 13.9 Å². The highest BCUT2D eigenvalue weighted by Gasteiger charge is 2.03. The maximum Gasteiger partial charge on any atom is 0.307 e. The first kappa shape index (κ1) is 13.0. The fraction of sp³-hybridized carbons (Fsp3) is 0.364. The second kappa shape index (κ2) is 6.48. The Hall–Kier alpha value is -1.10. The summed E-state index contributed by atoms with van der Waals surface area (Å²) in [6, 6.07) is 4.34. The lowest BCUT2D eigenvalue weighted by atomic mass is 10.3. The largest absolute Gasteiger partial charge is 0.466 e. The average molecular weight is 290 g/mol. The third-order valence-corrected chi connectivity index (χ3v) is 2.54. The van der Waals surface area contributed by atoms with Gasteiger partial charge in [-0.05, 0) is 41.1 Å². The Labute approximate surface area is 102 Å². The van der Waals surface area contributed by atoms with E-state index >= 15 is 0 Å². The number of anilines is 1. The van der Waals surface area contributed by atoms with Crippen molar-refractivity contribution in [1.82, 2.24) is 0 Å². The maximum atomic E-state index is 12.8. The Kier molecular flexibility index (Phi) is 5.25. The topological polar surface area (TPSA) is 38.3 Å². The number of nitrogens with one attached hydrogen (secondary N) is 1. The summed E-state index contributed by atoms with van der Waals surface area (Å²) in [5, 5.41) is 3.02. The van der Waals surface area contributed by atoms with Crippen LogP contribution in [0.15, 0.2) is 22.7 Å². The highest BCUT2D eigenvalue weighted by atomic mass is 79.9. The molecular weight excluding hydrogens is 277 g/mol. The highest BCUT2D eigenvalue weighted by molar-refractivity contribution is 9.10. The molecule has 0 saturated carbocycles. The van der Waals surface area contributed by atoms with Gasteiger partial charge in [0, 0.05) is 16.7 Å². The van der Waals surface area contributed by atoms with E-state index in [-0.39, 0.29) is 18.2 Å². The molecule has 88 valence electrons. The molecule has 0 aliphatic rings. The van der Waals surface area contributed by atoms with E-state index in [1.807, 2.05) is 0 Å². The molecule has 0 aromatic heterocycles. The zero-order chi connectivity index (χ0) is 12.0. The fourth-order valence-electron chi connectivity index (χ4n) is 1.17. The Balaban J connectivity index is 2.40. The summed E-state index contributed by atoms with van der Waals surface area (Å²) in [7, 11) is 0. The van der Waals surface area contributed by atoms with Crippen LogP contribution in [-0.4, -0.2) is 19.1 Å². The van der Waals surface area contributed by atoms with Crippen LogP contribution in [-0.2, 0) is 9.53 Å². The number of hydrogen-bond acceptors (Lipinski definition) is 3.